The van der Waals surface area contributed by atoms with Crippen LogP contribution in [0, 0.1) is 11.6 Å². The second-order valence-electron chi connectivity index (χ2n) is 4.44. The molecule has 2 aromatic rings. The van der Waals surface area contributed by atoms with E-state index in [9.17, 15) is 8.78 Å². The van der Waals surface area contributed by atoms with E-state index in [4.69, 9.17) is 10.2 Å². The van der Waals surface area contributed by atoms with Gasteiger partial charge in [0, 0.05) is 6.04 Å². The van der Waals surface area contributed by atoms with Crippen molar-refractivity contribution >= 4 is 11.8 Å². The van der Waals surface area contributed by atoms with E-state index >= 15 is 0 Å². The molecule has 102 valence electrons. The highest BCUT2D eigenvalue weighted by Gasteiger charge is 2.13. The van der Waals surface area contributed by atoms with Gasteiger partial charge in [-0.15, -0.1) is 11.8 Å². The minimum Gasteiger partial charge on any atom is -0.468 e. The average molecular weight is 283 g/mol. The van der Waals surface area contributed by atoms with Gasteiger partial charge in [-0.3, -0.25) is 0 Å². The Morgan fingerprint density at radius 3 is 2.53 bits per heavy atom. The van der Waals surface area contributed by atoms with Crippen molar-refractivity contribution in [2.75, 3.05) is 0 Å². The fraction of sp³-hybridized carbons (Fsp3) is 0.286. The fourth-order valence-electron chi connectivity index (χ4n) is 1.78. The van der Waals surface area contributed by atoms with Gasteiger partial charge in [0.1, 0.15) is 17.4 Å². The van der Waals surface area contributed by atoms with Crippen molar-refractivity contribution in [3.8, 4) is 0 Å². The highest BCUT2D eigenvalue weighted by atomic mass is 32.2. The van der Waals surface area contributed by atoms with Crippen LogP contribution in [-0.2, 0) is 12.2 Å². The first kappa shape index (κ1) is 14.1. The summed E-state index contributed by atoms with van der Waals surface area (Å²) in [5, 5.41) is 0. The van der Waals surface area contributed by atoms with Gasteiger partial charge in [0.2, 0.25) is 0 Å². The van der Waals surface area contributed by atoms with Gasteiger partial charge in [0.15, 0.2) is 0 Å². The lowest BCUT2D eigenvalue weighted by molar-refractivity contribution is 0.526. The lowest BCUT2D eigenvalue weighted by Crippen LogP contribution is -2.18. The van der Waals surface area contributed by atoms with Crippen LogP contribution in [0.15, 0.2) is 39.8 Å². The molecule has 19 heavy (non-hydrogen) atoms. The Morgan fingerprint density at radius 2 is 2.00 bits per heavy atom. The third-order valence-corrected chi connectivity index (χ3v) is 3.66. The van der Waals surface area contributed by atoms with Gasteiger partial charge in [-0.25, -0.2) is 8.78 Å². The molecule has 0 aliphatic carbocycles. The number of hydrogen-bond donors (Lipinski definition) is 1. The Balaban J connectivity index is 2.12. The van der Waals surface area contributed by atoms with Gasteiger partial charge in [0.05, 0.1) is 16.9 Å². The van der Waals surface area contributed by atoms with E-state index in [1.165, 1.54) is 18.4 Å². The van der Waals surface area contributed by atoms with E-state index < -0.39 is 11.6 Å². The van der Waals surface area contributed by atoms with Gasteiger partial charge < -0.3 is 10.2 Å². The standard InChI is InChI=1S/C14H15F2NOS/c1-9(17)5-10-6-12(15)14(13(16)7-10)19-8-11-3-2-4-18-11/h2-4,6-7,9H,5,8,17H2,1H3. The molecule has 0 saturated heterocycles. The molecule has 2 rings (SSSR count). The van der Waals surface area contributed by atoms with Crippen molar-refractivity contribution in [3.63, 3.8) is 0 Å². The largest absolute Gasteiger partial charge is 0.468 e. The zero-order valence-corrected chi connectivity index (χ0v) is 11.3. The average Bonchev–Trinajstić information content (AvgIpc) is 2.79. The van der Waals surface area contributed by atoms with E-state index in [1.807, 2.05) is 0 Å². The van der Waals surface area contributed by atoms with Gasteiger partial charge in [-0.1, -0.05) is 0 Å². The highest BCUT2D eigenvalue weighted by molar-refractivity contribution is 7.98. The summed E-state index contributed by atoms with van der Waals surface area (Å²) in [5.41, 5.74) is 6.20. The lowest BCUT2D eigenvalue weighted by Gasteiger charge is -2.09. The number of halogens is 2. The summed E-state index contributed by atoms with van der Waals surface area (Å²) in [6.07, 6.45) is 1.99. The molecule has 1 atom stereocenters. The van der Waals surface area contributed by atoms with Crippen LogP contribution in [0.4, 0.5) is 8.78 Å². The summed E-state index contributed by atoms with van der Waals surface area (Å²) in [4.78, 5) is 0.0184. The Kier molecular flexibility index (Phi) is 4.61. The molecule has 0 aliphatic heterocycles. The molecule has 2 nitrogen and oxygen atoms in total. The first-order valence-corrected chi connectivity index (χ1v) is 6.93. The lowest BCUT2D eigenvalue weighted by atomic mass is 10.1. The molecule has 0 amide bonds. The number of thioether (sulfide) groups is 1. The van der Waals surface area contributed by atoms with E-state index in [1.54, 1.807) is 19.1 Å². The molecule has 0 fully saturated rings. The van der Waals surface area contributed by atoms with Crippen LogP contribution in [0.2, 0.25) is 0 Å². The zero-order chi connectivity index (χ0) is 13.8. The maximum Gasteiger partial charge on any atom is 0.140 e. The normalized spacial score (nSPS) is 12.6. The van der Waals surface area contributed by atoms with Crippen molar-refractivity contribution in [1.29, 1.82) is 0 Å². The van der Waals surface area contributed by atoms with Crippen LogP contribution in [0.5, 0.6) is 0 Å². The van der Waals surface area contributed by atoms with Crippen LogP contribution in [0.1, 0.15) is 18.2 Å². The molecule has 1 unspecified atom stereocenters. The van der Waals surface area contributed by atoms with Crippen molar-refractivity contribution in [2.45, 2.75) is 30.0 Å². The maximum absolute atomic E-state index is 13.9. The smallest absolute Gasteiger partial charge is 0.140 e. The van der Waals surface area contributed by atoms with Crippen LogP contribution < -0.4 is 5.73 Å². The van der Waals surface area contributed by atoms with Gasteiger partial charge in [-0.2, -0.15) is 0 Å². The summed E-state index contributed by atoms with van der Waals surface area (Å²) in [7, 11) is 0. The minimum absolute atomic E-state index is 0.0184. The Morgan fingerprint density at radius 1 is 1.32 bits per heavy atom. The predicted octanol–water partition coefficient (Wildman–Crippen LogP) is 3.74. The SMILES string of the molecule is CC(N)Cc1cc(F)c(SCc2ccco2)c(F)c1. The number of hydrogen-bond acceptors (Lipinski definition) is 3. The van der Waals surface area contributed by atoms with E-state index in [-0.39, 0.29) is 10.9 Å². The van der Waals surface area contributed by atoms with Crippen molar-refractivity contribution in [2.24, 2.45) is 5.73 Å². The molecule has 0 spiro atoms. The van der Waals surface area contributed by atoms with Crippen LogP contribution in [0.25, 0.3) is 0 Å². The van der Waals surface area contributed by atoms with Crippen molar-refractivity contribution < 1.29 is 13.2 Å². The molecular formula is C14H15F2NOS. The number of rotatable bonds is 5. The number of benzene rings is 1. The van der Waals surface area contributed by atoms with E-state index in [0.717, 1.165) is 11.8 Å². The number of furan rings is 1. The molecule has 1 aromatic carbocycles. The first-order valence-electron chi connectivity index (χ1n) is 5.95. The van der Waals surface area contributed by atoms with Crippen LogP contribution in [0.3, 0.4) is 0 Å². The Bertz CT molecular complexity index is 517. The second-order valence-corrected chi connectivity index (χ2v) is 5.42. The fourth-order valence-corrected chi connectivity index (χ4v) is 2.62. The first-order chi connectivity index (χ1) is 9.06. The molecular weight excluding hydrogens is 268 g/mol. The molecule has 1 heterocycles. The molecule has 5 heteroatoms. The summed E-state index contributed by atoms with van der Waals surface area (Å²) in [5.74, 6) is -0.0177. The molecule has 0 aliphatic rings. The summed E-state index contributed by atoms with van der Waals surface area (Å²) in [6.45, 7) is 1.80. The van der Waals surface area contributed by atoms with Crippen LogP contribution in [-0.4, -0.2) is 6.04 Å². The molecule has 2 N–H and O–H groups in total. The molecule has 0 saturated carbocycles. The number of nitrogens with two attached hydrogens (primary N) is 1. The monoisotopic (exact) mass is 283 g/mol. The maximum atomic E-state index is 13.9. The zero-order valence-electron chi connectivity index (χ0n) is 10.5. The Hall–Kier alpha value is -1.33. The second kappa shape index (κ2) is 6.21. The van der Waals surface area contributed by atoms with Gasteiger partial charge in [-0.05, 0) is 43.2 Å². The third-order valence-electron chi connectivity index (χ3n) is 2.55. The quantitative estimate of drug-likeness (QED) is 0.850. The van der Waals surface area contributed by atoms with E-state index in [0.29, 0.717) is 23.5 Å². The van der Waals surface area contributed by atoms with Gasteiger partial charge in [0.25, 0.3) is 0 Å². The topological polar surface area (TPSA) is 39.2 Å². The molecule has 1 aromatic heterocycles. The predicted molar refractivity (Wildman–Crippen MR) is 72.0 cm³/mol. The van der Waals surface area contributed by atoms with Gasteiger partial charge >= 0.3 is 0 Å². The summed E-state index contributed by atoms with van der Waals surface area (Å²) < 4.78 is 32.8. The van der Waals surface area contributed by atoms with Crippen molar-refractivity contribution in [1.82, 2.24) is 0 Å². The summed E-state index contributed by atoms with van der Waals surface area (Å²) in [6, 6.07) is 6.08. The Labute approximate surface area is 115 Å². The van der Waals surface area contributed by atoms with Crippen LogP contribution >= 0.6 is 11.8 Å². The van der Waals surface area contributed by atoms with E-state index in [2.05, 4.69) is 0 Å². The summed E-state index contributed by atoms with van der Waals surface area (Å²) >= 11 is 1.08. The van der Waals surface area contributed by atoms with Crippen molar-refractivity contribution in [3.05, 3.63) is 53.5 Å². The third kappa shape index (κ3) is 3.81. The minimum atomic E-state index is -0.549. The highest BCUT2D eigenvalue weighted by Crippen LogP contribution is 2.29. The molecule has 0 radical (unpaired) electrons. The molecule has 0 bridgehead atoms.